The highest BCUT2D eigenvalue weighted by molar-refractivity contribution is 9.10. The largest absolute Gasteiger partial charge is 0.481 e. The van der Waals surface area contributed by atoms with Crippen molar-refractivity contribution in [2.75, 3.05) is 0 Å². The summed E-state index contributed by atoms with van der Waals surface area (Å²) < 4.78 is 0.707. The van der Waals surface area contributed by atoms with Gasteiger partial charge in [0, 0.05) is 4.47 Å². The zero-order valence-corrected chi connectivity index (χ0v) is 11.7. The van der Waals surface area contributed by atoms with Gasteiger partial charge in [0.1, 0.15) is 5.78 Å². The van der Waals surface area contributed by atoms with Gasteiger partial charge >= 0.3 is 5.97 Å². The summed E-state index contributed by atoms with van der Waals surface area (Å²) in [7, 11) is 0. The van der Waals surface area contributed by atoms with Crippen LogP contribution < -0.4 is 0 Å². The second kappa shape index (κ2) is 5.59. The minimum atomic E-state index is -0.920. The molecule has 0 aromatic heterocycles. The number of hydrogen-bond acceptors (Lipinski definition) is 2. The fraction of sp³-hybridized carbons (Fsp3) is 0.273. The molecular weight excluding hydrogens is 340 g/mol. The molecule has 0 amide bonds. The van der Waals surface area contributed by atoms with Crippen LogP contribution in [0.5, 0.6) is 0 Å². The van der Waals surface area contributed by atoms with E-state index in [1.54, 1.807) is 18.2 Å². The number of carboxylic acids is 1. The SMILES string of the molecule is CC(=O)C(Br)c1cccc(Br)c1CC(=O)O. The van der Waals surface area contributed by atoms with Crippen LogP contribution in [0.1, 0.15) is 22.9 Å². The number of Topliss-reactive ketones (excluding diaryl/α,β-unsaturated/α-hetero) is 1. The highest BCUT2D eigenvalue weighted by atomic mass is 79.9. The lowest BCUT2D eigenvalue weighted by Gasteiger charge is -2.13. The van der Waals surface area contributed by atoms with Crippen LogP contribution in [0, 0.1) is 0 Å². The first-order chi connectivity index (χ1) is 7.43. The molecule has 86 valence electrons. The zero-order valence-electron chi connectivity index (χ0n) is 8.54. The number of rotatable bonds is 4. The van der Waals surface area contributed by atoms with Crippen molar-refractivity contribution in [2.24, 2.45) is 0 Å². The maximum absolute atomic E-state index is 11.3. The fourth-order valence-electron chi connectivity index (χ4n) is 1.37. The molecule has 1 aromatic carbocycles. The smallest absolute Gasteiger partial charge is 0.307 e. The molecule has 0 aliphatic heterocycles. The maximum atomic E-state index is 11.3. The Bertz CT molecular complexity index is 429. The summed E-state index contributed by atoms with van der Waals surface area (Å²) in [4.78, 5) is 21.6. The normalized spacial score (nSPS) is 12.2. The van der Waals surface area contributed by atoms with E-state index >= 15 is 0 Å². The second-order valence-electron chi connectivity index (χ2n) is 3.35. The van der Waals surface area contributed by atoms with Crippen LogP contribution in [-0.2, 0) is 16.0 Å². The van der Waals surface area contributed by atoms with Gasteiger partial charge in [0.25, 0.3) is 0 Å². The number of carboxylic acid groups (broad SMARTS) is 1. The lowest BCUT2D eigenvalue weighted by atomic mass is 10.0. The number of halogens is 2. The molecule has 1 atom stereocenters. The van der Waals surface area contributed by atoms with Gasteiger partial charge in [0.2, 0.25) is 0 Å². The Morgan fingerprint density at radius 2 is 2.06 bits per heavy atom. The van der Waals surface area contributed by atoms with Crippen molar-refractivity contribution < 1.29 is 14.7 Å². The number of carbonyl (C=O) groups excluding carboxylic acids is 1. The second-order valence-corrected chi connectivity index (χ2v) is 5.12. The Kier molecular flexibility index (Phi) is 4.68. The molecule has 0 aliphatic carbocycles. The van der Waals surface area contributed by atoms with Crippen LogP contribution >= 0.6 is 31.9 Å². The molecule has 16 heavy (non-hydrogen) atoms. The zero-order chi connectivity index (χ0) is 12.3. The topological polar surface area (TPSA) is 54.4 Å². The van der Waals surface area contributed by atoms with E-state index < -0.39 is 10.8 Å². The van der Waals surface area contributed by atoms with E-state index in [2.05, 4.69) is 31.9 Å². The molecule has 5 heteroatoms. The minimum absolute atomic E-state index is 0.0512. The summed E-state index contributed by atoms with van der Waals surface area (Å²) in [6.45, 7) is 1.46. The Morgan fingerprint density at radius 3 is 2.56 bits per heavy atom. The predicted molar refractivity (Wildman–Crippen MR) is 67.8 cm³/mol. The molecule has 1 unspecified atom stereocenters. The molecule has 0 bridgehead atoms. The molecule has 0 heterocycles. The maximum Gasteiger partial charge on any atom is 0.307 e. The fourth-order valence-corrected chi connectivity index (χ4v) is 2.32. The van der Waals surface area contributed by atoms with Gasteiger partial charge in [0.15, 0.2) is 0 Å². The Hall–Kier alpha value is -0.680. The average Bonchev–Trinajstić information content (AvgIpc) is 2.19. The molecule has 1 N–H and O–H groups in total. The third-order valence-electron chi connectivity index (χ3n) is 2.11. The highest BCUT2D eigenvalue weighted by Crippen LogP contribution is 2.31. The molecule has 0 radical (unpaired) electrons. The lowest BCUT2D eigenvalue weighted by Crippen LogP contribution is -2.09. The van der Waals surface area contributed by atoms with Gasteiger partial charge in [-0.25, -0.2) is 0 Å². The van der Waals surface area contributed by atoms with E-state index in [9.17, 15) is 9.59 Å². The number of ketones is 1. The summed E-state index contributed by atoms with van der Waals surface area (Å²) in [5.41, 5.74) is 1.33. The Balaban J connectivity index is 3.22. The predicted octanol–water partition coefficient (Wildman–Crippen LogP) is 3.10. The van der Waals surface area contributed by atoms with Crippen molar-refractivity contribution in [2.45, 2.75) is 18.2 Å². The van der Waals surface area contributed by atoms with Crippen LogP contribution in [0.2, 0.25) is 0 Å². The minimum Gasteiger partial charge on any atom is -0.481 e. The first-order valence-corrected chi connectivity index (χ1v) is 6.28. The highest BCUT2D eigenvalue weighted by Gasteiger charge is 2.19. The van der Waals surface area contributed by atoms with E-state index in [0.717, 1.165) is 0 Å². The summed E-state index contributed by atoms with van der Waals surface area (Å²) >= 11 is 6.56. The number of hydrogen-bond donors (Lipinski definition) is 1. The van der Waals surface area contributed by atoms with Gasteiger partial charge in [-0.05, 0) is 24.1 Å². The molecule has 0 spiro atoms. The van der Waals surface area contributed by atoms with Crippen molar-refractivity contribution in [1.29, 1.82) is 0 Å². The van der Waals surface area contributed by atoms with Gasteiger partial charge in [-0.2, -0.15) is 0 Å². The van der Waals surface area contributed by atoms with Crippen LogP contribution in [-0.4, -0.2) is 16.9 Å². The average molecular weight is 350 g/mol. The first kappa shape index (κ1) is 13.4. The van der Waals surface area contributed by atoms with Gasteiger partial charge in [-0.15, -0.1) is 0 Å². The molecular formula is C11H10Br2O3. The van der Waals surface area contributed by atoms with E-state index in [1.807, 2.05) is 0 Å². The van der Waals surface area contributed by atoms with Crippen molar-refractivity contribution in [3.8, 4) is 0 Å². The summed E-state index contributed by atoms with van der Waals surface area (Å²) in [5.74, 6) is -0.971. The van der Waals surface area contributed by atoms with Crippen molar-refractivity contribution in [3.05, 3.63) is 33.8 Å². The molecule has 0 saturated heterocycles. The monoisotopic (exact) mass is 348 g/mol. The Morgan fingerprint density at radius 1 is 1.44 bits per heavy atom. The van der Waals surface area contributed by atoms with E-state index in [4.69, 9.17) is 5.11 Å². The Labute approximate surface area is 110 Å². The van der Waals surface area contributed by atoms with Gasteiger partial charge in [-0.1, -0.05) is 44.0 Å². The van der Waals surface area contributed by atoms with Gasteiger partial charge in [-0.3, -0.25) is 9.59 Å². The number of aliphatic carboxylic acids is 1. The standard InChI is InChI=1S/C11H10Br2O3/c1-6(14)11(13)7-3-2-4-9(12)8(7)5-10(15)16/h2-4,11H,5H2,1H3,(H,15,16). The van der Waals surface area contributed by atoms with Crippen molar-refractivity contribution in [3.63, 3.8) is 0 Å². The quantitative estimate of drug-likeness (QED) is 0.850. The van der Waals surface area contributed by atoms with Gasteiger partial charge < -0.3 is 5.11 Å². The van der Waals surface area contributed by atoms with Crippen LogP contribution in [0.4, 0.5) is 0 Å². The third kappa shape index (κ3) is 3.15. The summed E-state index contributed by atoms with van der Waals surface area (Å²) in [6.07, 6.45) is -0.105. The molecule has 1 aromatic rings. The van der Waals surface area contributed by atoms with Crippen LogP contribution in [0.25, 0.3) is 0 Å². The molecule has 0 saturated carbocycles. The summed E-state index contributed by atoms with van der Waals surface area (Å²) in [6, 6.07) is 5.30. The van der Waals surface area contributed by atoms with E-state index in [0.29, 0.717) is 15.6 Å². The molecule has 1 rings (SSSR count). The number of alkyl halides is 1. The number of benzene rings is 1. The van der Waals surface area contributed by atoms with Gasteiger partial charge in [0.05, 0.1) is 11.2 Å². The van der Waals surface area contributed by atoms with Crippen LogP contribution in [0.3, 0.4) is 0 Å². The van der Waals surface area contributed by atoms with E-state index in [-0.39, 0.29) is 12.2 Å². The van der Waals surface area contributed by atoms with Crippen molar-refractivity contribution >= 4 is 43.6 Å². The van der Waals surface area contributed by atoms with Crippen LogP contribution in [0.15, 0.2) is 22.7 Å². The van der Waals surface area contributed by atoms with E-state index in [1.165, 1.54) is 6.92 Å². The third-order valence-corrected chi connectivity index (χ3v) is 3.99. The van der Waals surface area contributed by atoms with Crippen molar-refractivity contribution in [1.82, 2.24) is 0 Å². The number of carbonyl (C=O) groups is 2. The lowest BCUT2D eigenvalue weighted by molar-refractivity contribution is -0.136. The first-order valence-electron chi connectivity index (χ1n) is 4.57. The molecule has 0 fully saturated rings. The molecule has 3 nitrogen and oxygen atoms in total. The molecule has 0 aliphatic rings. The summed E-state index contributed by atoms with van der Waals surface area (Å²) in [5, 5.41) is 8.82.